The van der Waals surface area contributed by atoms with Crippen molar-refractivity contribution in [1.82, 2.24) is 10.2 Å². The van der Waals surface area contributed by atoms with Crippen molar-refractivity contribution in [3.8, 4) is 5.75 Å². The molecule has 13 heteroatoms. The molecule has 208 valence electrons. The summed E-state index contributed by atoms with van der Waals surface area (Å²) in [6, 6.07) is 9.42. The molecular formula is C26H26Cl2N2O9. The third kappa shape index (κ3) is 6.80. The van der Waals surface area contributed by atoms with Crippen molar-refractivity contribution >= 4 is 47.0 Å². The van der Waals surface area contributed by atoms with E-state index in [1.165, 1.54) is 0 Å². The summed E-state index contributed by atoms with van der Waals surface area (Å²) in [6.45, 7) is -0.00872. The maximum Gasteiger partial charge on any atom is 0.326 e. The average Bonchev–Trinajstić information content (AvgIpc) is 3.59. The summed E-state index contributed by atoms with van der Waals surface area (Å²) in [5.74, 6) is -3.45. The minimum absolute atomic E-state index is 0.0584. The molecule has 2 aliphatic heterocycles. The predicted molar refractivity (Wildman–Crippen MR) is 137 cm³/mol. The summed E-state index contributed by atoms with van der Waals surface area (Å²) < 4.78 is 16.3. The van der Waals surface area contributed by atoms with E-state index < -0.39 is 48.0 Å². The number of carboxylic acid groups (broad SMARTS) is 2. The van der Waals surface area contributed by atoms with Gasteiger partial charge in [-0.25, -0.2) is 9.59 Å². The number of nitrogens with zero attached hydrogens (tertiary/aromatic N) is 1. The van der Waals surface area contributed by atoms with E-state index in [1.54, 1.807) is 42.5 Å². The summed E-state index contributed by atoms with van der Waals surface area (Å²) in [5, 5.41) is 22.4. The number of carbonyl (C=O) groups excluding carboxylic acids is 2. The molecule has 0 aromatic heterocycles. The molecule has 0 saturated carbocycles. The van der Waals surface area contributed by atoms with Crippen molar-refractivity contribution in [3.05, 3.63) is 63.6 Å². The standard InChI is InChI=1S/C26H26Cl2N2O9/c27-17-3-1-4-18(28)16(17)12-37-15-8-6-14(7-9-15)11-19(25(33)34)29-23(31)21-22(39-13-38-21)24(32)30-10-2-5-20(30)26(35)36/h1,3-4,6-9,19-22H,2,5,10-13H2,(H,29,31)(H,33,34)(H,35,36)/t19-,20?,21+,22+/m0/s1. The average molecular weight is 581 g/mol. The van der Waals surface area contributed by atoms with Crippen molar-refractivity contribution in [3.63, 3.8) is 0 Å². The lowest BCUT2D eigenvalue weighted by Crippen LogP contribution is -2.54. The van der Waals surface area contributed by atoms with Gasteiger partial charge in [0.2, 0.25) is 0 Å². The van der Waals surface area contributed by atoms with Gasteiger partial charge in [-0.1, -0.05) is 41.4 Å². The maximum absolute atomic E-state index is 12.9. The van der Waals surface area contributed by atoms with Crippen LogP contribution < -0.4 is 10.1 Å². The Hall–Kier alpha value is -3.38. The van der Waals surface area contributed by atoms with Crippen molar-refractivity contribution in [2.45, 2.75) is 50.2 Å². The Morgan fingerprint density at radius 1 is 1.03 bits per heavy atom. The van der Waals surface area contributed by atoms with E-state index in [4.69, 9.17) is 37.4 Å². The molecule has 2 aromatic carbocycles. The van der Waals surface area contributed by atoms with Crippen LogP contribution in [0.3, 0.4) is 0 Å². The van der Waals surface area contributed by atoms with Gasteiger partial charge in [0.1, 0.15) is 31.2 Å². The highest BCUT2D eigenvalue weighted by Gasteiger charge is 2.46. The van der Waals surface area contributed by atoms with Crippen molar-refractivity contribution < 1.29 is 43.6 Å². The molecule has 1 unspecified atom stereocenters. The van der Waals surface area contributed by atoms with Gasteiger partial charge in [-0.3, -0.25) is 9.59 Å². The first kappa shape index (κ1) is 28.6. The molecule has 3 N–H and O–H groups in total. The van der Waals surface area contributed by atoms with Crippen LogP contribution in [-0.2, 0) is 41.7 Å². The highest BCUT2D eigenvalue weighted by molar-refractivity contribution is 6.35. The van der Waals surface area contributed by atoms with Gasteiger partial charge in [-0.15, -0.1) is 0 Å². The smallest absolute Gasteiger partial charge is 0.326 e. The van der Waals surface area contributed by atoms with Gasteiger partial charge in [0.15, 0.2) is 12.2 Å². The zero-order chi connectivity index (χ0) is 28.1. The minimum Gasteiger partial charge on any atom is -0.489 e. The molecule has 2 fully saturated rings. The second kappa shape index (κ2) is 12.6. The van der Waals surface area contributed by atoms with Crippen molar-refractivity contribution in [2.24, 2.45) is 0 Å². The number of likely N-dealkylation sites (tertiary alicyclic amines) is 1. The van der Waals surface area contributed by atoms with Gasteiger partial charge < -0.3 is 34.6 Å². The normalized spacial score (nSPS) is 21.4. The summed E-state index contributed by atoms with van der Waals surface area (Å²) in [7, 11) is 0. The fourth-order valence-corrected chi connectivity index (χ4v) is 4.97. The second-order valence-electron chi connectivity index (χ2n) is 9.06. The Balaban J connectivity index is 1.36. The third-order valence-corrected chi connectivity index (χ3v) is 7.22. The first-order valence-corrected chi connectivity index (χ1v) is 12.9. The van der Waals surface area contributed by atoms with Crippen LogP contribution in [-0.4, -0.2) is 76.5 Å². The van der Waals surface area contributed by atoms with E-state index in [-0.39, 0.29) is 26.4 Å². The highest BCUT2D eigenvalue weighted by atomic mass is 35.5. The van der Waals surface area contributed by atoms with Crippen LogP contribution in [0.25, 0.3) is 0 Å². The van der Waals surface area contributed by atoms with Crippen LogP contribution in [0.4, 0.5) is 0 Å². The first-order chi connectivity index (χ1) is 18.7. The van der Waals surface area contributed by atoms with Crippen LogP contribution in [0.5, 0.6) is 5.75 Å². The molecule has 2 heterocycles. The Morgan fingerprint density at radius 2 is 1.69 bits per heavy atom. The van der Waals surface area contributed by atoms with E-state index in [0.717, 1.165) is 4.90 Å². The molecule has 0 aliphatic carbocycles. The van der Waals surface area contributed by atoms with Gasteiger partial charge in [0, 0.05) is 28.6 Å². The van der Waals surface area contributed by atoms with Crippen molar-refractivity contribution in [1.29, 1.82) is 0 Å². The van der Waals surface area contributed by atoms with Gasteiger partial charge >= 0.3 is 11.9 Å². The fourth-order valence-electron chi connectivity index (χ4n) is 4.46. The monoisotopic (exact) mass is 580 g/mol. The zero-order valence-electron chi connectivity index (χ0n) is 20.5. The zero-order valence-corrected chi connectivity index (χ0v) is 22.1. The summed E-state index contributed by atoms with van der Waals surface area (Å²) >= 11 is 12.3. The van der Waals surface area contributed by atoms with Gasteiger partial charge in [0.05, 0.1) is 0 Å². The van der Waals surface area contributed by atoms with Crippen LogP contribution in [0.1, 0.15) is 24.0 Å². The molecule has 39 heavy (non-hydrogen) atoms. The van der Waals surface area contributed by atoms with Gasteiger partial charge in [0.25, 0.3) is 11.8 Å². The molecule has 0 bridgehead atoms. The number of carbonyl (C=O) groups is 4. The van der Waals surface area contributed by atoms with Crippen molar-refractivity contribution in [2.75, 3.05) is 13.3 Å². The Kier molecular flexibility index (Phi) is 9.28. The molecule has 2 aliphatic rings. The number of benzene rings is 2. The van der Waals surface area contributed by atoms with E-state index in [0.29, 0.717) is 39.8 Å². The lowest BCUT2D eigenvalue weighted by atomic mass is 10.0. The quantitative estimate of drug-likeness (QED) is 0.384. The molecule has 0 spiro atoms. The van der Waals surface area contributed by atoms with E-state index >= 15 is 0 Å². The van der Waals surface area contributed by atoms with E-state index in [9.17, 15) is 29.4 Å². The molecule has 2 aromatic rings. The second-order valence-corrected chi connectivity index (χ2v) is 9.87. The number of carboxylic acids is 2. The Labute approximate surface area is 233 Å². The summed E-state index contributed by atoms with van der Waals surface area (Å²) in [5.41, 5.74) is 1.24. The molecule has 4 rings (SSSR count). The van der Waals surface area contributed by atoms with E-state index in [1.807, 2.05) is 0 Å². The Bertz CT molecular complexity index is 1220. The number of aliphatic carboxylic acids is 2. The number of amides is 2. The molecule has 2 saturated heterocycles. The number of hydrogen-bond donors (Lipinski definition) is 3. The van der Waals surface area contributed by atoms with Crippen LogP contribution in [0.15, 0.2) is 42.5 Å². The largest absolute Gasteiger partial charge is 0.489 e. The number of halogens is 2. The number of nitrogens with one attached hydrogen (secondary N) is 1. The lowest BCUT2D eigenvalue weighted by molar-refractivity contribution is -0.153. The summed E-state index contributed by atoms with van der Waals surface area (Å²) in [6.07, 6.45) is -2.04. The molecular weight excluding hydrogens is 555 g/mol. The number of rotatable bonds is 10. The molecule has 2 amide bonds. The van der Waals surface area contributed by atoms with Gasteiger partial charge in [-0.05, 0) is 42.7 Å². The number of hydrogen-bond acceptors (Lipinski definition) is 7. The molecule has 4 atom stereocenters. The SMILES string of the molecule is O=C(O)C1CCCN1C(=O)[C@@H]1OCO[C@H]1C(=O)N[C@@H](Cc1ccc(OCc2c(Cl)cccc2Cl)cc1)C(=O)O. The summed E-state index contributed by atoms with van der Waals surface area (Å²) in [4.78, 5) is 50.4. The maximum atomic E-state index is 12.9. The fraction of sp³-hybridized carbons (Fsp3) is 0.385. The Morgan fingerprint density at radius 3 is 2.33 bits per heavy atom. The lowest BCUT2D eigenvalue weighted by Gasteiger charge is -2.26. The third-order valence-electron chi connectivity index (χ3n) is 6.52. The first-order valence-electron chi connectivity index (χ1n) is 12.1. The minimum atomic E-state index is -1.41. The number of ether oxygens (including phenoxy) is 3. The predicted octanol–water partition coefficient (Wildman–Crippen LogP) is 2.50. The highest BCUT2D eigenvalue weighted by Crippen LogP contribution is 2.26. The molecule has 11 nitrogen and oxygen atoms in total. The van der Waals surface area contributed by atoms with Gasteiger partial charge in [-0.2, -0.15) is 0 Å². The van der Waals surface area contributed by atoms with E-state index in [2.05, 4.69) is 5.32 Å². The topological polar surface area (TPSA) is 152 Å². The van der Waals surface area contributed by atoms with Crippen LogP contribution in [0, 0.1) is 0 Å². The molecule has 0 radical (unpaired) electrons. The van der Waals surface area contributed by atoms with Crippen LogP contribution in [0.2, 0.25) is 10.0 Å². The van der Waals surface area contributed by atoms with Crippen LogP contribution >= 0.6 is 23.2 Å².